The Morgan fingerprint density at radius 3 is 2.68 bits per heavy atom. The van der Waals surface area contributed by atoms with Crippen molar-refractivity contribution in [2.24, 2.45) is 4.99 Å². The number of rotatable bonds is 9. The molecule has 1 fully saturated rings. The van der Waals surface area contributed by atoms with Crippen molar-refractivity contribution >= 4 is 29.9 Å². The molecule has 1 aliphatic carbocycles. The van der Waals surface area contributed by atoms with Crippen molar-refractivity contribution < 1.29 is 9.13 Å². The van der Waals surface area contributed by atoms with E-state index in [0.717, 1.165) is 50.5 Å². The maximum absolute atomic E-state index is 13.5. The highest BCUT2D eigenvalue weighted by molar-refractivity contribution is 14.0. The molecule has 1 aromatic carbocycles. The number of benzene rings is 1. The molecule has 2 N–H and O–H groups in total. The first-order valence-corrected chi connectivity index (χ1v) is 8.95. The molecule has 0 aliphatic heterocycles. The number of nitrogens with zero attached hydrogens (tertiary/aromatic N) is 1. The highest BCUT2D eigenvalue weighted by Gasteiger charge is 2.44. The van der Waals surface area contributed by atoms with Crippen LogP contribution in [0.4, 0.5) is 4.39 Å². The summed E-state index contributed by atoms with van der Waals surface area (Å²) >= 11 is 0. The first-order chi connectivity index (χ1) is 11.6. The molecule has 0 heterocycles. The van der Waals surface area contributed by atoms with Gasteiger partial charge in [-0.2, -0.15) is 0 Å². The zero-order valence-corrected chi connectivity index (χ0v) is 17.8. The summed E-state index contributed by atoms with van der Waals surface area (Å²) in [6, 6.07) is 6.93. The van der Waals surface area contributed by atoms with Crippen LogP contribution in [-0.2, 0) is 10.2 Å². The Bertz CT molecular complexity index is 547. The van der Waals surface area contributed by atoms with Gasteiger partial charge in [0.2, 0.25) is 0 Å². The number of halogens is 2. The summed E-state index contributed by atoms with van der Waals surface area (Å²) < 4.78 is 19.0. The van der Waals surface area contributed by atoms with E-state index in [-0.39, 0.29) is 41.3 Å². The molecular formula is C19H31FIN3O. The van der Waals surface area contributed by atoms with E-state index in [9.17, 15) is 4.39 Å². The fourth-order valence-corrected chi connectivity index (χ4v) is 2.68. The van der Waals surface area contributed by atoms with Gasteiger partial charge in [0.1, 0.15) is 5.82 Å². The zero-order valence-electron chi connectivity index (χ0n) is 15.5. The van der Waals surface area contributed by atoms with Crippen molar-refractivity contribution in [2.45, 2.75) is 51.6 Å². The summed E-state index contributed by atoms with van der Waals surface area (Å²) in [7, 11) is 0. The van der Waals surface area contributed by atoms with Crippen LogP contribution in [0.2, 0.25) is 0 Å². The summed E-state index contributed by atoms with van der Waals surface area (Å²) in [5, 5.41) is 6.61. The van der Waals surface area contributed by atoms with E-state index in [4.69, 9.17) is 9.73 Å². The summed E-state index contributed by atoms with van der Waals surface area (Å²) in [6.07, 6.45) is 3.36. The van der Waals surface area contributed by atoms with Gasteiger partial charge in [-0.05, 0) is 57.7 Å². The fourth-order valence-electron chi connectivity index (χ4n) is 2.68. The lowest BCUT2D eigenvalue weighted by Gasteiger charge is -2.16. The Kier molecular flexibility index (Phi) is 9.71. The third-order valence-corrected chi connectivity index (χ3v) is 4.24. The Morgan fingerprint density at radius 2 is 2.08 bits per heavy atom. The van der Waals surface area contributed by atoms with Crippen molar-refractivity contribution in [2.75, 3.05) is 26.2 Å². The third kappa shape index (κ3) is 7.48. The van der Waals surface area contributed by atoms with Crippen LogP contribution in [0, 0.1) is 5.82 Å². The van der Waals surface area contributed by atoms with Crippen LogP contribution >= 0.6 is 24.0 Å². The predicted molar refractivity (Wildman–Crippen MR) is 112 cm³/mol. The fraction of sp³-hybridized carbons (Fsp3) is 0.632. The summed E-state index contributed by atoms with van der Waals surface area (Å²) in [6.45, 7) is 9.22. The van der Waals surface area contributed by atoms with Gasteiger partial charge in [0, 0.05) is 25.1 Å². The Labute approximate surface area is 168 Å². The lowest BCUT2D eigenvalue weighted by Crippen LogP contribution is -2.38. The van der Waals surface area contributed by atoms with Crippen molar-refractivity contribution in [3.8, 4) is 0 Å². The molecule has 0 radical (unpaired) electrons. The maximum Gasteiger partial charge on any atom is 0.191 e. The molecule has 6 heteroatoms. The summed E-state index contributed by atoms with van der Waals surface area (Å²) in [5.74, 6) is 0.655. The normalized spacial score (nSPS) is 15.6. The Morgan fingerprint density at radius 1 is 1.32 bits per heavy atom. The van der Waals surface area contributed by atoms with Crippen molar-refractivity contribution in [1.82, 2.24) is 10.6 Å². The van der Waals surface area contributed by atoms with Crippen LogP contribution in [0.1, 0.15) is 45.6 Å². The number of hydrogen-bond donors (Lipinski definition) is 2. The van der Waals surface area contributed by atoms with Crippen molar-refractivity contribution in [3.05, 3.63) is 35.6 Å². The Balaban J connectivity index is 0.00000312. The van der Waals surface area contributed by atoms with Gasteiger partial charge in [0.05, 0.1) is 12.6 Å². The molecule has 0 atom stereocenters. The first kappa shape index (κ1) is 22.2. The predicted octanol–water partition coefficient (Wildman–Crippen LogP) is 3.85. The van der Waals surface area contributed by atoms with E-state index in [1.165, 1.54) is 6.07 Å². The molecule has 142 valence electrons. The first-order valence-electron chi connectivity index (χ1n) is 8.95. The smallest absolute Gasteiger partial charge is 0.191 e. The van der Waals surface area contributed by atoms with Crippen molar-refractivity contribution in [3.63, 3.8) is 0 Å². The standard InChI is InChI=1S/C19H30FN3O.HI/c1-4-21-18(22-11-6-12-24-15(2)3)23-14-19(9-10-19)16-7-5-8-17(20)13-16;/h5,7-8,13,15H,4,6,9-12,14H2,1-3H3,(H2,21,22,23);1H. The molecular weight excluding hydrogens is 432 g/mol. The van der Waals surface area contributed by atoms with Crippen LogP contribution in [0.25, 0.3) is 0 Å². The number of aliphatic imine (C=N–C) groups is 1. The average Bonchev–Trinajstić information content (AvgIpc) is 3.33. The van der Waals surface area contributed by atoms with E-state index in [1.807, 2.05) is 19.9 Å². The third-order valence-electron chi connectivity index (χ3n) is 4.24. The molecule has 0 spiro atoms. The van der Waals surface area contributed by atoms with Crippen LogP contribution < -0.4 is 10.6 Å². The minimum absolute atomic E-state index is 0. The zero-order chi connectivity index (χ0) is 17.4. The van der Waals surface area contributed by atoms with E-state index < -0.39 is 0 Å². The lowest BCUT2D eigenvalue weighted by atomic mass is 9.96. The van der Waals surface area contributed by atoms with Crippen LogP contribution in [0.5, 0.6) is 0 Å². The molecule has 0 unspecified atom stereocenters. The minimum atomic E-state index is -0.169. The van der Waals surface area contributed by atoms with Gasteiger partial charge >= 0.3 is 0 Å². The molecule has 1 saturated carbocycles. The van der Waals surface area contributed by atoms with Crippen LogP contribution in [0.15, 0.2) is 29.3 Å². The van der Waals surface area contributed by atoms with Gasteiger partial charge in [-0.25, -0.2) is 4.39 Å². The number of nitrogens with one attached hydrogen (secondary N) is 2. The quantitative estimate of drug-likeness (QED) is 0.253. The second kappa shape index (κ2) is 11.0. The molecule has 25 heavy (non-hydrogen) atoms. The number of guanidine groups is 1. The number of hydrogen-bond acceptors (Lipinski definition) is 2. The van der Waals surface area contributed by atoms with Gasteiger partial charge in [0.25, 0.3) is 0 Å². The van der Waals surface area contributed by atoms with Crippen LogP contribution in [-0.4, -0.2) is 38.3 Å². The molecule has 1 aromatic rings. The summed E-state index contributed by atoms with van der Waals surface area (Å²) in [5.41, 5.74) is 1.08. The SMILES string of the molecule is CCNC(=NCC1(c2cccc(F)c2)CC1)NCCCOC(C)C.I. The molecule has 0 aromatic heterocycles. The van der Waals surface area contributed by atoms with E-state index in [0.29, 0.717) is 6.54 Å². The second-order valence-corrected chi connectivity index (χ2v) is 6.69. The van der Waals surface area contributed by atoms with E-state index >= 15 is 0 Å². The minimum Gasteiger partial charge on any atom is -0.379 e. The monoisotopic (exact) mass is 463 g/mol. The molecule has 4 nitrogen and oxygen atoms in total. The Hall–Kier alpha value is -0.890. The van der Waals surface area contributed by atoms with E-state index in [2.05, 4.69) is 17.6 Å². The second-order valence-electron chi connectivity index (χ2n) is 6.69. The molecule has 1 aliphatic rings. The van der Waals surface area contributed by atoms with Crippen molar-refractivity contribution in [1.29, 1.82) is 0 Å². The van der Waals surface area contributed by atoms with Crippen LogP contribution in [0.3, 0.4) is 0 Å². The molecule has 0 saturated heterocycles. The van der Waals surface area contributed by atoms with Gasteiger partial charge in [0.15, 0.2) is 5.96 Å². The van der Waals surface area contributed by atoms with Gasteiger partial charge in [-0.15, -0.1) is 24.0 Å². The maximum atomic E-state index is 13.5. The highest BCUT2D eigenvalue weighted by atomic mass is 127. The van der Waals surface area contributed by atoms with E-state index in [1.54, 1.807) is 12.1 Å². The van der Waals surface area contributed by atoms with Gasteiger partial charge < -0.3 is 15.4 Å². The molecule has 2 rings (SSSR count). The lowest BCUT2D eigenvalue weighted by molar-refractivity contribution is 0.0776. The topological polar surface area (TPSA) is 45.7 Å². The summed E-state index contributed by atoms with van der Waals surface area (Å²) in [4.78, 5) is 4.72. The highest BCUT2D eigenvalue weighted by Crippen LogP contribution is 2.48. The largest absolute Gasteiger partial charge is 0.379 e. The van der Waals surface area contributed by atoms with Gasteiger partial charge in [-0.1, -0.05) is 12.1 Å². The number of ether oxygens (including phenoxy) is 1. The van der Waals surface area contributed by atoms with Gasteiger partial charge in [-0.3, -0.25) is 4.99 Å². The molecule has 0 bridgehead atoms. The molecule has 0 amide bonds. The average molecular weight is 463 g/mol.